The van der Waals surface area contributed by atoms with Gasteiger partial charge in [-0.25, -0.2) is 0 Å². The van der Waals surface area contributed by atoms with Gasteiger partial charge in [-0.05, 0) is 80.5 Å². The highest BCUT2D eigenvalue weighted by molar-refractivity contribution is 5.84. The average Bonchev–Trinajstić information content (AvgIpc) is 2.56. The van der Waals surface area contributed by atoms with E-state index < -0.39 is 0 Å². The average molecular weight is 328 g/mol. The summed E-state index contributed by atoms with van der Waals surface area (Å²) in [6.45, 7) is 11.0. The number of aryl methyl sites for hydroxylation is 1. The maximum atomic E-state index is 12.6. The quantitative estimate of drug-likeness (QED) is 0.783. The molecule has 0 heterocycles. The Morgan fingerprint density at radius 3 is 2.75 bits per heavy atom. The van der Waals surface area contributed by atoms with Crippen LogP contribution >= 0.6 is 0 Å². The van der Waals surface area contributed by atoms with Crippen LogP contribution in [0.5, 0.6) is 0 Å². The van der Waals surface area contributed by atoms with Crippen LogP contribution in [0.1, 0.15) is 77.3 Å². The van der Waals surface area contributed by atoms with Gasteiger partial charge in [-0.15, -0.1) is 0 Å². The predicted octanol–water partition coefficient (Wildman–Crippen LogP) is 5.57. The summed E-state index contributed by atoms with van der Waals surface area (Å²) in [5.41, 5.74) is 4.22. The van der Waals surface area contributed by atoms with Crippen molar-refractivity contribution in [1.29, 1.82) is 0 Å². The number of carbonyl (C=O) groups excluding carboxylic acids is 1. The van der Waals surface area contributed by atoms with Crippen molar-refractivity contribution in [3.05, 3.63) is 29.3 Å². The number of Topliss-reactive ketones (excluding diaryl/α,β-unsaturated/α-hetero) is 1. The molecule has 0 aliphatic heterocycles. The van der Waals surface area contributed by atoms with Crippen LogP contribution in [0.25, 0.3) is 0 Å². The van der Waals surface area contributed by atoms with Crippen LogP contribution in [0, 0.1) is 17.3 Å². The van der Waals surface area contributed by atoms with Crippen molar-refractivity contribution < 1.29 is 4.79 Å². The molecule has 1 fully saturated rings. The van der Waals surface area contributed by atoms with E-state index in [9.17, 15) is 4.79 Å². The van der Waals surface area contributed by atoms with Gasteiger partial charge in [0.1, 0.15) is 5.78 Å². The first-order chi connectivity index (χ1) is 11.4. The largest absolute Gasteiger partial charge is 0.383 e. The molecule has 0 bridgehead atoms. The van der Waals surface area contributed by atoms with Gasteiger partial charge in [0.25, 0.3) is 0 Å². The Balaban J connectivity index is 1.86. The summed E-state index contributed by atoms with van der Waals surface area (Å²) in [5, 5.41) is 3.53. The third-order valence-corrected chi connectivity index (χ3v) is 6.84. The molecular weight excluding hydrogens is 294 g/mol. The molecule has 2 unspecified atom stereocenters. The fourth-order valence-corrected chi connectivity index (χ4v) is 5.28. The number of carbonyl (C=O) groups is 1. The number of hydrogen-bond donors (Lipinski definition) is 1. The van der Waals surface area contributed by atoms with E-state index >= 15 is 0 Å². The first-order valence-electron chi connectivity index (χ1n) is 9.79. The molecule has 2 nitrogen and oxygen atoms in total. The smallest absolute Gasteiger partial charge is 0.138 e. The lowest BCUT2D eigenvalue weighted by molar-refractivity contribution is -0.134. The number of benzene rings is 1. The van der Waals surface area contributed by atoms with E-state index in [-0.39, 0.29) is 5.41 Å². The Kier molecular flexibility index (Phi) is 4.77. The minimum atomic E-state index is -0.105. The zero-order valence-corrected chi connectivity index (χ0v) is 16.0. The van der Waals surface area contributed by atoms with Gasteiger partial charge in [0.2, 0.25) is 0 Å². The summed E-state index contributed by atoms with van der Waals surface area (Å²) >= 11 is 0. The van der Waals surface area contributed by atoms with Gasteiger partial charge in [0.15, 0.2) is 0 Å². The van der Waals surface area contributed by atoms with Crippen molar-refractivity contribution in [2.45, 2.75) is 78.7 Å². The molecule has 1 aromatic rings. The van der Waals surface area contributed by atoms with Crippen molar-refractivity contribution in [3.8, 4) is 0 Å². The SMILES string of the molecule is CCC(=O)C1(C)CC[C@@H]2c3ccc(NC(C)C)cc3CCC2[C@@H]1C. The number of nitrogens with one attached hydrogen (secondary N) is 1. The van der Waals surface area contributed by atoms with Crippen LogP contribution < -0.4 is 5.32 Å². The first kappa shape index (κ1) is 17.5. The molecule has 2 heteroatoms. The normalized spacial score (nSPS) is 32.2. The molecular formula is C22H33NO. The van der Waals surface area contributed by atoms with Crippen LogP contribution in [-0.4, -0.2) is 11.8 Å². The molecule has 132 valence electrons. The number of hydrogen-bond acceptors (Lipinski definition) is 2. The van der Waals surface area contributed by atoms with Crippen LogP contribution in [0.15, 0.2) is 18.2 Å². The molecule has 0 amide bonds. The number of rotatable bonds is 4. The van der Waals surface area contributed by atoms with Crippen LogP contribution in [0.4, 0.5) is 5.69 Å². The van der Waals surface area contributed by atoms with Gasteiger partial charge in [-0.2, -0.15) is 0 Å². The third-order valence-electron chi connectivity index (χ3n) is 6.84. The van der Waals surface area contributed by atoms with E-state index in [1.54, 1.807) is 5.56 Å². The van der Waals surface area contributed by atoms with Crippen molar-refractivity contribution >= 4 is 11.5 Å². The van der Waals surface area contributed by atoms with E-state index in [0.717, 1.165) is 12.8 Å². The van der Waals surface area contributed by atoms with E-state index in [2.05, 4.69) is 51.2 Å². The Morgan fingerprint density at radius 2 is 2.08 bits per heavy atom. The maximum Gasteiger partial charge on any atom is 0.138 e. The van der Waals surface area contributed by atoms with Gasteiger partial charge in [0.05, 0.1) is 0 Å². The van der Waals surface area contributed by atoms with Crippen molar-refractivity contribution in [3.63, 3.8) is 0 Å². The molecule has 2 aliphatic rings. The van der Waals surface area contributed by atoms with Crippen molar-refractivity contribution in [1.82, 2.24) is 0 Å². The van der Waals surface area contributed by atoms with E-state index in [1.807, 2.05) is 6.92 Å². The van der Waals surface area contributed by atoms with Gasteiger partial charge >= 0.3 is 0 Å². The second kappa shape index (κ2) is 6.54. The third kappa shape index (κ3) is 2.89. The van der Waals surface area contributed by atoms with Crippen LogP contribution in [0.2, 0.25) is 0 Å². The van der Waals surface area contributed by atoms with E-state index in [1.165, 1.54) is 24.1 Å². The summed E-state index contributed by atoms with van der Waals surface area (Å²) in [7, 11) is 0. The Bertz CT molecular complexity index is 620. The number of fused-ring (bicyclic) bond motifs is 3. The summed E-state index contributed by atoms with van der Waals surface area (Å²) in [6.07, 6.45) is 5.29. The van der Waals surface area contributed by atoms with Gasteiger partial charge in [-0.3, -0.25) is 4.79 Å². The Hall–Kier alpha value is -1.31. The molecule has 1 aromatic carbocycles. The highest BCUT2D eigenvalue weighted by Gasteiger charge is 2.48. The highest BCUT2D eigenvalue weighted by atomic mass is 16.1. The monoisotopic (exact) mass is 327 g/mol. The lowest BCUT2D eigenvalue weighted by atomic mass is 9.54. The molecule has 4 atom stereocenters. The van der Waals surface area contributed by atoms with E-state index in [0.29, 0.717) is 36.0 Å². The Labute approximate surface area is 147 Å². The lowest BCUT2D eigenvalue weighted by Gasteiger charge is -2.50. The van der Waals surface area contributed by atoms with Crippen molar-refractivity contribution in [2.75, 3.05) is 5.32 Å². The topological polar surface area (TPSA) is 29.1 Å². The second-order valence-corrected chi connectivity index (χ2v) is 8.54. The Morgan fingerprint density at radius 1 is 1.33 bits per heavy atom. The maximum absolute atomic E-state index is 12.6. The molecule has 0 radical (unpaired) electrons. The van der Waals surface area contributed by atoms with Crippen LogP contribution in [-0.2, 0) is 11.2 Å². The molecule has 1 N–H and O–H groups in total. The summed E-state index contributed by atoms with van der Waals surface area (Å²) in [5.74, 6) is 2.27. The molecule has 24 heavy (non-hydrogen) atoms. The predicted molar refractivity (Wildman–Crippen MR) is 102 cm³/mol. The summed E-state index contributed by atoms with van der Waals surface area (Å²) in [4.78, 5) is 12.6. The highest BCUT2D eigenvalue weighted by Crippen LogP contribution is 2.55. The van der Waals surface area contributed by atoms with Gasteiger partial charge < -0.3 is 5.32 Å². The number of anilines is 1. The molecule has 3 rings (SSSR count). The fourth-order valence-electron chi connectivity index (χ4n) is 5.28. The number of ketones is 1. The van der Waals surface area contributed by atoms with Crippen molar-refractivity contribution in [2.24, 2.45) is 17.3 Å². The zero-order valence-electron chi connectivity index (χ0n) is 16.0. The minimum absolute atomic E-state index is 0.105. The minimum Gasteiger partial charge on any atom is -0.383 e. The molecule has 2 aliphatic carbocycles. The fraction of sp³-hybridized carbons (Fsp3) is 0.682. The molecule has 0 aromatic heterocycles. The summed E-state index contributed by atoms with van der Waals surface area (Å²) < 4.78 is 0. The molecule has 1 saturated carbocycles. The molecule has 0 spiro atoms. The lowest BCUT2D eigenvalue weighted by Crippen LogP contribution is -2.45. The van der Waals surface area contributed by atoms with Gasteiger partial charge in [-0.1, -0.05) is 26.8 Å². The van der Waals surface area contributed by atoms with E-state index in [4.69, 9.17) is 0 Å². The first-order valence-corrected chi connectivity index (χ1v) is 9.79. The van der Waals surface area contributed by atoms with Crippen LogP contribution in [0.3, 0.4) is 0 Å². The van der Waals surface area contributed by atoms with Gasteiger partial charge in [0, 0.05) is 23.6 Å². The zero-order chi connectivity index (χ0) is 17.5. The standard InChI is InChI=1S/C22H33NO/c1-6-21(24)22(5)12-11-20-18(15(22)4)9-7-16-13-17(23-14(2)3)8-10-19(16)20/h8,10,13-15,18,20,23H,6-7,9,11-12H2,1-5H3/t15-,18?,20-,22?/m0/s1. The molecule has 0 saturated heterocycles. The summed E-state index contributed by atoms with van der Waals surface area (Å²) in [6, 6.07) is 7.43. The second-order valence-electron chi connectivity index (χ2n) is 8.54.